The first-order valence-corrected chi connectivity index (χ1v) is 4.61. The highest BCUT2D eigenvalue weighted by molar-refractivity contribution is 7.99. The van der Waals surface area contributed by atoms with E-state index in [1.807, 2.05) is 24.4 Å². The fourth-order valence-electron chi connectivity index (χ4n) is 1.24. The number of hydrogen-bond donors (Lipinski definition) is 0. The third-order valence-electron chi connectivity index (χ3n) is 1.84. The van der Waals surface area contributed by atoms with E-state index in [1.54, 1.807) is 0 Å². The van der Waals surface area contributed by atoms with E-state index in [-0.39, 0.29) is 0 Å². The summed E-state index contributed by atoms with van der Waals surface area (Å²) in [5.41, 5.74) is 0. The fraction of sp³-hybridized carbons (Fsp3) is 0.667. The van der Waals surface area contributed by atoms with E-state index in [0.717, 1.165) is 18.3 Å². The van der Waals surface area contributed by atoms with E-state index >= 15 is 0 Å². The summed E-state index contributed by atoms with van der Waals surface area (Å²) in [6.07, 6.45) is 5.93. The Morgan fingerprint density at radius 1 is 1.80 bits per heavy atom. The number of fused-ring (bicyclic) bond motifs is 1. The number of hydrogen-bond acceptors (Lipinski definition) is 2. The Balaban J connectivity index is 2.21. The van der Waals surface area contributed by atoms with Crippen molar-refractivity contribution in [2.24, 2.45) is 0 Å². The molecule has 0 spiro atoms. The molecule has 1 aromatic heterocycles. The molecule has 0 atom stereocenters. The summed E-state index contributed by atoms with van der Waals surface area (Å²) in [5, 5.41) is 0.753. The van der Waals surface area contributed by atoms with Gasteiger partial charge in [-0.15, -0.1) is 0 Å². The average Bonchev–Trinajstić information content (AvgIpc) is 2.42. The van der Waals surface area contributed by atoms with E-state index < -0.39 is 0 Å². The minimum absolute atomic E-state index is 0.753. The molecule has 2 heterocycles. The third-order valence-corrected chi connectivity index (χ3v) is 2.81. The van der Waals surface area contributed by atoms with Crippen molar-refractivity contribution in [3.63, 3.8) is 0 Å². The molecule has 1 aromatic rings. The summed E-state index contributed by atoms with van der Waals surface area (Å²) < 4.78 is 4.31. The van der Waals surface area contributed by atoms with Crippen molar-refractivity contribution in [3.05, 3.63) is 12.7 Å². The molecule has 3 nitrogen and oxygen atoms in total. The smallest absolute Gasteiger partial charge is 0.180 e. The summed E-state index contributed by atoms with van der Waals surface area (Å²) in [7, 11) is 0. The van der Waals surface area contributed by atoms with Crippen molar-refractivity contribution in [1.82, 2.24) is 9.67 Å². The maximum atomic E-state index is 4.03. The lowest BCUT2D eigenvalue weighted by molar-refractivity contribution is -0.758. The van der Waals surface area contributed by atoms with Gasteiger partial charge in [0.2, 0.25) is 6.33 Å². The van der Waals surface area contributed by atoms with Gasteiger partial charge in [0.15, 0.2) is 0 Å². The lowest BCUT2D eigenvalue weighted by Crippen LogP contribution is -2.36. The van der Waals surface area contributed by atoms with Crippen LogP contribution in [0.3, 0.4) is 0 Å². The van der Waals surface area contributed by atoms with Gasteiger partial charge in [-0.1, -0.05) is 0 Å². The number of thioether (sulfide) groups is 1. The van der Waals surface area contributed by atoms with Crippen molar-refractivity contribution in [2.75, 3.05) is 6.26 Å². The van der Waals surface area contributed by atoms with Gasteiger partial charge in [-0.25, -0.2) is 0 Å². The summed E-state index contributed by atoms with van der Waals surface area (Å²) in [6.45, 7) is 2.22. The molecule has 2 rings (SSSR count). The molecule has 54 valence electrons. The Morgan fingerprint density at radius 2 is 2.70 bits per heavy atom. The topological polar surface area (TPSA) is 21.7 Å². The van der Waals surface area contributed by atoms with Crippen LogP contribution < -0.4 is 4.68 Å². The van der Waals surface area contributed by atoms with Gasteiger partial charge in [-0.05, 0) is 11.2 Å². The van der Waals surface area contributed by atoms with Gasteiger partial charge in [0.05, 0.1) is 11.8 Å². The predicted molar refractivity (Wildman–Crippen MR) is 39.7 cm³/mol. The molecule has 0 unspecified atom stereocenters. The van der Waals surface area contributed by atoms with Crippen LogP contribution in [0.25, 0.3) is 0 Å². The molecule has 0 saturated carbocycles. The van der Waals surface area contributed by atoms with E-state index in [9.17, 15) is 0 Å². The maximum absolute atomic E-state index is 4.03. The van der Waals surface area contributed by atoms with E-state index in [0.29, 0.717) is 0 Å². The van der Waals surface area contributed by atoms with Crippen LogP contribution in [-0.2, 0) is 13.1 Å². The van der Waals surface area contributed by atoms with E-state index in [1.165, 1.54) is 0 Å². The number of nitrogens with zero attached hydrogens (tertiary/aromatic N) is 3. The first-order valence-electron chi connectivity index (χ1n) is 3.33. The van der Waals surface area contributed by atoms with Crippen molar-refractivity contribution in [3.8, 4) is 0 Å². The van der Waals surface area contributed by atoms with Crippen molar-refractivity contribution >= 4 is 11.8 Å². The van der Waals surface area contributed by atoms with Crippen LogP contribution in [0.4, 0.5) is 0 Å². The Bertz CT molecular complexity index is 212. The molecule has 1 aliphatic rings. The zero-order valence-electron chi connectivity index (χ0n) is 5.90. The fourth-order valence-corrected chi connectivity index (χ4v) is 1.85. The second-order valence-corrected chi connectivity index (χ2v) is 3.62. The van der Waals surface area contributed by atoms with E-state index in [2.05, 4.69) is 20.6 Å². The molecule has 0 aromatic carbocycles. The maximum Gasteiger partial charge on any atom is 0.306 e. The van der Waals surface area contributed by atoms with E-state index in [4.69, 9.17) is 0 Å². The Kier molecular flexibility index (Phi) is 1.41. The average molecular weight is 156 g/mol. The molecule has 10 heavy (non-hydrogen) atoms. The molecular weight excluding hydrogens is 146 g/mol. The summed E-state index contributed by atoms with van der Waals surface area (Å²) in [6, 6.07) is 0. The molecule has 0 saturated heterocycles. The van der Waals surface area contributed by atoms with Crippen LogP contribution in [0.2, 0.25) is 0 Å². The standard InChI is InChI=1S/C6H10N3S/c1-10-6-2-8-4-7-5-9(8)3-6/h4-6H,2-3H2,1H3/q+1. The summed E-state index contributed by atoms with van der Waals surface area (Å²) >= 11 is 1.92. The Morgan fingerprint density at radius 3 is 3.40 bits per heavy atom. The highest BCUT2D eigenvalue weighted by Gasteiger charge is 2.24. The third kappa shape index (κ3) is 0.831. The number of rotatable bonds is 1. The first-order chi connectivity index (χ1) is 4.90. The van der Waals surface area contributed by atoms with Crippen molar-refractivity contribution < 1.29 is 4.68 Å². The molecule has 0 radical (unpaired) electrons. The van der Waals surface area contributed by atoms with Crippen molar-refractivity contribution in [1.29, 1.82) is 0 Å². The van der Waals surface area contributed by atoms with Crippen LogP contribution in [-0.4, -0.2) is 21.2 Å². The van der Waals surface area contributed by atoms with Gasteiger partial charge < -0.3 is 0 Å². The largest absolute Gasteiger partial charge is 0.306 e. The monoisotopic (exact) mass is 156 g/mol. The minimum atomic E-state index is 0.753. The van der Waals surface area contributed by atoms with Crippen LogP contribution in [0.15, 0.2) is 12.7 Å². The van der Waals surface area contributed by atoms with Gasteiger partial charge >= 0.3 is 6.33 Å². The highest BCUT2D eigenvalue weighted by Crippen LogP contribution is 2.11. The van der Waals surface area contributed by atoms with Gasteiger partial charge in [-0.2, -0.15) is 21.1 Å². The summed E-state index contributed by atoms with van der Waals surface area (Å²) in [5.74, 6) is 0. The first kappa shape index (κ1) is 6.22. The second-order valence-electron chi connectivity index (χ2n) is 2.48. The Hall–Kier alpha value is -0.510. The van der Waals surface area contributed by atoms with Crippen LogP contribution in [0.1, 0.15) is 0 Å². The summed E-state index contributed by atoms with van der Waals surface area (Å²) in [4.78, 5) is 4.03. The molecule has 0 aliphatic carbocycles. The van der Waals surface area contributed by atoms with Gasteiger partial charge in [0.25, 0.3) is 0 Å². The zero-order chi connectivity index (χ0) is 6.97. The normalized spacial score (nSPS) is 23.1. The van der Waals surface area contributed by atoms with Gasteiger partial charge in [-0.3, -0.25) is 0 Å². The van der Waals surface area contributed by atoms with Crippen LogP contribution in [0.5, 0.6) is 0 Å². The van der Waals surface area contributed by atoms with Gasteiger partial charge in [0, 0.05) is 0 Å². The van der Waals surface area contributed by atoms with Crippen LogP contribution in [0, 0.1) is 0 Å². The molecule has 0 N–H and O–H groups in total. The van der Waals surface area contributed by atoms with Crippen LogP contribution >= 0.6 is 11.8 Å². The van der Waals surface area contributed by atoms with Crippen molar-refractivity contribution in [2.45, 2.75) is 18.3 Å². The minimum Gasteiger partial charge on any atom is -0.180 e. The highest BCUT2D eigenvalue weighted by atomic mass is 32.2. The molecule has 0 fully saturated rings. The molecule has 1 aliphatic heterocycles. The molecule has 4 heteroatoms. The van der Waals surface area contributed by atoms with Gasteiger partial charge in [0.1, 0.15) is 6.54 Å². The quantitative estimate of drug-likeness (QED) is 0.530. The lowest BCUT2D eigenvalue weighted by atomic mass is 10.4. The Labute approximate surface area is 64.0 Å². The SMILES string of the molecule is CSC1Cn2cnc[n+]2C1. The molecule has 0 amide bonds. The zero-order valence-corrected chi connectivity index (χ0v) is 6.71. The molecular formula is C6H10N3S+. The predicted octanol–water partition coefficient (Wildman–Crippen LogP) is -0.0842. The number of aromatic nitrogens is 3. The second kappa shape index (κ2) is 2.27. The lowest BCUT2D eigenvalue weighted by Gasteiger charge is -1.96. The molecule has 0 bridgehead atoms.